The van der Waals surface area contributed by atoms with E-state index in [0.29, 0.717) is 6.20 Å². The van der Waals surface area contributed by atoms with Crippen molar-refractivity contribution < 1.29 is 22.0 Å². The Balaban J connectivity index is 3.67. The number of aromatic nitrogens is 1. The zero-order chi connectivity index (χ0) is 13.9. The van der Waals surface area contributed by atoms with Crippen molar-refractivity contribution in [1.29, 1.82) is 10.5 Å². The van der Waals surface area contributed by atoms with E-state index in [9.17, 15) is 22.0 Å². The molecule has 0 aromatic carbocycles. The molecule has 0 atom stereocenters. The van der Waals surface area contributed by atoms with Crippen LogP contribution < -0.4 is 0 Å². The topological polar surface area (TPSA) is 60.5 Å². The lowest BCUT2D eigenvalue weighted by Gasteiger charge is -2.15. The molecule has 0 aliphatic rings. The average molecular weight is 261 g/mol. The molecular weight excluding hydrogens is 257 g/mol. The quantitative estimate of drug-likeness (QED) is 0.769. The van der Waals surface area contributed by atoms with E-state index in [4.69, 9.17) is 10.5 Å². The van der Waals surface area contributed by atoms with E-state index in [1.165, 1.54) is 12.1 Å². The minimum Gasteiger partial charge on any atom is -0.254 e. The Morgan fingerprint density at radius 1 is 1.28 bits per heavy atom. The predicted octanol–water partition coefficient (Wildman–Crippen LogP) is 2.98. The van der Waals surface area contributed by atoms with Crippen molar-refractivity contribution in [2.24, 2.45) is 0 Å². The lowest BCUT2D eigenvalue weighted by molar-refractivity contribution is -0.138. The fourth-order valence-electron chi connectivity index (χ4n) is 1.42. The van der Waals surface area contributed by atoms with Gasteiger partial charge in [0.1, 0.15) is 11.8 Å². The van der Waals surface area contributed by atoms with Gasteiger partial charge >= 0.3 is 6.18 Å². The fraction of sp³-hybridized carbons (Fsp3) is 0.300. The van der Waals surface area contributed by atoms with Crippen molar-refractivity contribution in [3.05, 3.63) is 28.6 Å². The van der Waals surface area contributed by atoms with Gasteiger partial charge in [0.25, 0.3) is 6.43 Å². The summed E-state index contributed by atoms with van der Waals surface area (Å²) in [7, 11) is 0. The van der Waals surface area contributed by atoms with E-state index >= 15 is 0 Å². The van der Waals surface area contributed by atoms with Gasteiger partial charge in [0, 0.05) is 11.8 Å². The number of halogens is 5. The number of hydrogen-bond donors (Lipinski definition) is 0. The largest absolute Gasteiger partial charge is 0.418 e. The SMILES string of the molecule is N#CCc1c(C(F)F)ncc(C#N)c1C(F)(F)F. The highest BCUT2D eigenvalue weighted by molar-refractivity contribution is 5.46. The maximum atomic E-state index is 12.7. The second kappa shape index (κ2) is 4.96. The standard InChI is InChI=1S/C10H4F5N3/c11-9(12)8-6(1-2-16)7(10(13,14)15)5(3-17)4-18-8/h4,9H,1H2. The summed E-state index contributed by atoms with van der Waals surface area (Å²) in [4.78, 5) is 3.12. The zero-order valence-corrected chi connectivity index (χ0v) is 8.59. The lowest BCUT2D eigenvalue weighted by atomic mass is 9.99. The van der Waals surface area contributed by atoms with Crippen molar-refractivity contribution in [1.82, 2.24) is 4.98 Å². The van der Waals surface area contributed by atoms with Gasteiger partial charge < -0.3 is 0 Å². The molecule has 3 nitrogen and oxygen atoms in total. The molecule has 94 valence electrons. The molecule has 1 aromatic heterocycles. The van der Waals surface area contributed by atoms with Gasteiger partial charge in [-0.3, -0.25) is 4.98 Å². The van der Waals surface area contributed by atoms with Crippen molar-refractivity contribution in [3.63, 3.8) is 0 Å². The first-order valence-electron chi connectivity index (χ1n) is 4.47. The molecule has 0 saturated heterocycles. The highest BCUT2D eigenvalue weighted by Crippen LogP contribution is 2.37. The average Bonchev–Trinajstić information content (AvgIpc) is 2.26. The highest BCUT2D eigenvalue weighted by Gasteiger charge is 2.38. The van der Waals surface area contributed by atoms with Crippen LogP contribution in [0.2, 0.25) is 0 Å². The highest BCUT2D eigenvalue weighted by atomic mass is 19.4. The van der Waals surface area contributed by atoms with Gasteiger partial charge in [-0.05, 0) is 0 Å². The van der Waals surface area contributed by atoms with E-state index in [2.05, 4.69) is 4.98 Å². The normalized spacial score (nSPS) is 11.1. The summed E-state index contributed by atoms with van der Waals surface area (Å²) in [6, 6.07) is 2.59. The van der Waals surface area contributed by atoms with Crippen LogP contribution in [0.4, 0.5) is 22.0 Å². The molecule has 0 unspecified atom stereocenters. The summed E-state index contributed by atoms with van der Waals surface area (Å²) in [6.07, 6.45) is -8.70. The van der Waals surface area contributed by atoms with Crippen LogP contribution in [-0.4, -0.2) is 4.98 Å². The Kier molecular flexibility index (Phi) is 3.82. The molecule has 0 aliphatic carbocycles. The fourth-order valence-corrected chi connectivity index (χ4v) is 1.42. The Morgan fingerprint density at radius 3 is 2.28 bits per heavy atom. The molecule has 0 saturated carbocycles. The molecule has 0 bridgehead atoms. The summed E-state index contributed by atoms with van der Waals surface area (Å²) < 4.78 is 63.3. The Hall–Kier alpha value is -2.22. The third-order valence-electron chi connectivity index (χ3n) is 2.08. The summed E-state index contributed by atoms with van der Waals surface area (Å²) >= 11 is 0. The minimum absolute atomic E-state index is 0.436. The van der Waals surface area contributed by atoms with Gasteiger partial charge in [0.15, 0.2) is 0 Å². The number of nitriles is 2. The Labute approximate surface area is 98.1 Å². The van der Waals surface area contributed by atoms with Gasteiger partial charge in [-0.2, -0.15) is 23.7 Å². The summed E-state index contributed by atoms with van der Waals surface area (Å²) in [5.41, 5.74) is -4.46. The van der Waals surface area contributed by atoms with E-state index in [0.717, 1.165) is 0 Å². The zero-order valence-electron chi connectivity index (χ0n) is 8.59. The van der Waals surface area contributed by atoms with Gasteiger partial charge in [0.05, 0.1) is 23.6 Å². The third kappa shape index (κ3) is 2.54. The first-order chi connectivity index (χ1) is 8.32. The molecule has 0 amide bonds. The van der Waals surface area contributed by atoms with E-state index in [-0.39, 0.29) is 0 Å². The molecule has 0 N–H and O–H groups in total. The first-order valence-corrected chi connectivity index (χ1v) is 4.47. The van der Waals surface area contributed by atoms with Gasteiger partial charge in [-0.15, -0.1) is 0 Å². The molecule has 0 aliphatic heterocycles. The van der Waals surface area contributed by atoms with Crippen molar-refractivity contribution in [2.45, 2.75) is 19.0 Å². The second-order valence-electron chi connectivity index (χ2n) is 3.16. The summed E-state index contributed by atoms with van der Waals surface area (Å²) in [5, 5.41) is 17.0. The van der Waals surface area contributed by atoms with Crippen LogP contribution in [0.3, 0.4) is 0 Å². The summed E-state index contributed by atoms with van der Waals surface area (Å²) in [5.74, 6) is 0. The number of nitrogens with zero attached hydrogens (tertiary/aromatic N) is 3. The van der Waals surface area contributed by atoms with Crippen LogP contribution in [0.25, 0.3) is 0 Å². The van der Waals surface area contributed by atoms with Crippen LogP contribution in [0.15, 0.2) is 6.20 Å². The molecule has 1 aromatic rings. The number of alkyl halides is 5. The van der Waals surface area contributed by atoms with E-state index in [1.807, 2.05) is 0 Å². The molecule has 8 heteroatoms. The maximum Gasteiger partial charge on any atom is 0.418 e. The van der Waals surface area contributed by atoms with Crippen molar-refractivity contribution >= 4 is 0 Å². The Morgan fingerprint density at radius 2 is 1.89 bits per heavy atom. The molecule has 0 radical (unpaired) electrons. The third-order valence-corrected chi connectivity index (χ3v) is 2.08. The Bertz CT molecular complexity index is 536. The van der Waals surface area contributed by atoms with E-state index < -0.39 is 41.4 Å². The van der Waals surface area contributed by atoms with Crippen LogP contribution in [0.5, 0.6) is 0 Å². The minimum atomic E-state index is -5.00. The number of hydrogen-bond acceptors (Lipinski definition) is 3. The van der Waals surface area contributed by atoms with Crippen LogP contribution in [0, 0.1) is 22.7 Å². The summed E-state index contributed by atoms with van der Waals surface area (Å²) in [6.45, 7) is 0. The maximum absolute atomic E-state index is 12.7. The molecule has 18 heavy (non-hydrogen) atoms. The predicted molar refractivity (Wildman–Crippen MR) is 48.2 cm³/mol. The van der Waals surface area contributed by atoms with Crippen LogP contribution in [-0.2, 0) is 12.6 Å². The van der Waals surface area contributed by atoms with Crippen LogP contribution >= 0.6 is 0 Å². The van der Waals surface area contributed by atoms with Gasteiger partial charge in [-0.25, -0.2) is 8.78 Å². The van der Waals surface area contributed by atoms with Crippen LogP contribution in [0.1, 0.15) is 28.8 Å². The van der Waals surface area contributed by atoms with E-state index in [1.54, 1.807) is 0 Å². The smallest absolute Gasteiger partial charge is 0.254 e. The first kappa shape index (κ1) is 13.8. The van der Waals surface area contributed by atoms with Gasteiger partial charge in [0.2, 0.25) is 0 Å². The van der Waals surface area contributed by atoms with Gasteiger partial charge in [-0.1, -0.05) is 0 Å². The molecule has 0 spiro atoms. The molecule has 0 fully saturated rings. The molecular formula is C10H4F5N3. The number of rotatable bonds is 2. The lowest BCUT2D eigenvalue weighted by Crippen LogP contribution is -2.15. The second-order valence-corrected chi connectivity index (χ2v) is 3.16. The van der Waals surface area contributed by atoms with Crippen molar-refractivity contribution in [2.75, 3.05) is 0 Å². The van der Waals surface area contributed by atoms with Crippen molar-refractivity contribution in [3.8, 4) is 12.1 Å². The molecule has 1 heterocycles. The number of pyridine rings is 1. The molecule has 1 rings (SSSR count). The monoisotopic (exact) mass is 261 g/mol.